The van der Waals surface area contributed by atoms with Crippen molar-refractivity contribution < 1.29 is 24.2 Å². The Morgan fingerprint density at radius 1 is 1.29 bits per heavy atom. The third kappa shape index (κ3) is 3.67. The van der Waals surface area contributed by atoms with Crippen LogP contribution in [0.5, 0.6) is 6.08 Å². The standard InChI is InChI=1S/C17H20N2O5/c20-15(11-6-7-14-12(9-11)19-17(23)24-14)18-13(16(21)22)8-10-4-2-1-3-5-10/h6-7,9-10,13H,1-5,8H2,(H,18,20)(H,19,23)(H,21,22). The predicted molar refractivity (Wildman–Crippen MR) is 85.8 cm³/mol. The van der Waals surface area contributed by atoms with Crippen molar-refractivity contribution in [3.8, 4) is 6.08 Å². The molecule has 7 nitrogen and oxygen atoms in total. The molecule has 1 heterocycles. The Balaban J connectivity index is 1.70. The molecule has 128 valence electrons. The number of carboxylic acids is 1. The molecule has 1 saturated carbocycles. The van der Waals surface area contributed by atoms with Gasteiger partial charge in [0, 0.05) is 5.56 Å². The number of hydrogen-bond acceptors (Lipinski definition) is 5. The van der Waals surface area contributed by atoms with E-state index in [4.69, 9.17) is 4.42 Å². The van der Waals surface area contributed by atoms with Gasteiger partial charge in [0.1, 0.15) is 11.6 Å². The van der Waals surface area contributed by atoms with Gasteiger partial charge in [0.05, 0.1) is 0 Å². The van der Waals surface area contributed by atoms with Crippen LogP contribution in [0.3, 0.4) is 0 Å². The molecule has 1 unspecified atom stereocenters. The maximum absolute atomic E-state index is 12.4. The lowest BCUT2D eigenvalue weighted by molar-refractivity contribution is -0.139. The molecule has 1 amide bonds. The third-order valence-electron chi connectivity index (χ3n) is 4.54. The number of rotatable bonds is 5. The molecule has 7 heteroatoms. The number of amides is 1. The second kappa shape index (κ2) is 6.90. The van der Waals surface area contributed by atoms with Crippen LogP contribution in [0.1, 0.15) is 48.9 Å². The van der Waals surface area contributed by atoms with E-state index in [1.54, 1.807) is 0 Å². The second-order valence-corrected chi connectivity index (χ2v) is 6.28. The van der Waals surface area contributed by atoms with Crippen LogP contribution in [0, 0.1) is 5.92 Å². The van der Waals surface area contributed by atoms with E-state index in [2.05, 4.69) is 10.3 Å². The maximum atomic E-state index is 12.4. The molecule has 1 aromatic heterocycles. The molecule has 0 saturated heterocycles. The van der Waals surface area contributed by atoms with Crippen molar-refractivity contribution in [1.82, 2.24) is 10.3 Å². The number of aromatic hydroxyl groups is 1. The SMILES string of the molecule is O=C(NC(CC1CCCCC1)C(=O)O)c1ccc2oc(O)nc2c1. The number of aliphatic carboxylic acids is 1. The van der Waals surface area contributed by atoms with Crippen LogP contribution in [-0.4, -0.2) is 33.1 Å². The number of carbonyl (C=O) groups is 2. The van der Waals surface area contributed by atoms with Gasteiger partial charge in [-0.25, -0.2) is 4.79 Å². The molecule has 1 aromatic carbocycles. The molecule has 0 bridgehead atoms. The first-order chi connectivity index (χ1) is 11.5. The Morgan fingerprint density at radius 2 is 2.04 bits per heavy atom. The normalized spacial score (nSPS) is 16.8. The number of hydrogen-bond donors (Lipinski definition) is 3. The smallest absolute Gasteiger partial charge is 0.392 e. The minimum atomic E-state index is -1.02. The highest BCUT2D eigenvalue weighted by Gasteiger charge is 2.26. The fourth-order valence-electron chi connectivity index (χ4n) is 3.28. The molecular formula is C17H20N2O5. The quantitative estimate of drug-likeness (QED) is 0.776. The Morgan fingerprint density at radius 3 is 2.75 bits per heavy atom. The van der Waals surface area contributed by atoms with E-state index >= 15 is 0 Å². The van der Waals surface area contributed by atoms with Gasteiger partial charge in [0.25, 0.3) is 5.91 Å². The zero-order valence-corrected chi connectivity index (χ0v) is 13.2. The third-order valence-corrected chi connectivity index (χ3v) is 4.54. The predicted octanol–water partition coefficient (Wildman–Crippen LogP) is 2.69. The Labute approximate surface area is 138 Å². The summed E-state index contributed by atoms with van der Waals surface area (Å²) in [6.07, 6.45) is 5.46. The van der Waals surface area contributed by atoms with Crippen molar-refractivity contribution in [2.75, 3.05) is 0 Å². The molecular weight excluding hydrogens is 312 g/mol. The van der Waals surface area contributed by atoms with Crippen LogP contribution < -0.4 is 5.32 Å². The summed E-state index contributed by atoms with van der Waals surface area (Å²) in [4.78, 5) is 27.6. The highest BCUT2D eigenvalue weighted by atomic mass is 16.5. The van der Waals surface area contributed by atoms with Crippen molar-refractivity contribution in [2.24, 2.45) is 5.92 Å². The molecule has 1 aliphatic rings. The number of aromatic nitrogens is 1. The molecule has 1 atom stereocenters. The lowest BCUT2D eigenvalue weighted by atomic mass is 9.85. The number of nitrogens with one attached hydrogen (secondary N) is 1. The average molecular weight is 332 g/mol. The first-order valence-electron chi connectivity index (χ1n) is 8.16. The molecule has 3 N–H and O–H groups in total. The van der Waals surface area contributed by atoms with E-state index < -0.39 is 24.0 Å². The van der Waals surface area contributed by atoms with Gasteiger partial charge in [-0.3, -0.25) is 4.79 Å². The summed E-state index contributed by atoms with van der Waals surface area (Å²) in [5.74, 6) is -1.15. The van der Waals surface area contributed by atoms with E-state index in [0.717, 1.165) is 25.7 Å². The van der Waals surface area contributed by atoms with Crippen LogP contribution in [0.2, 0.25) is 0 Å². The molecule has 24 heavy (non-hydrogen) atoms. The Bertz CT molecular complexity index is 749. The highest BCUT2D eigenvalue weighted by molar-refractivity contribution is 5.98. The number of nitrogens with zero attached hydrogens (tertiary/aromatic N) is 1. The number of carboxylic acid groups (broad SMARTS) is 1. The molecule has 1 aliphatic carbocycles. The van der Waals surface area contributed by atoms with E-state index in [0.29, 0.717) is 23.4 Å². The second-order valence-electron chi connectivity index (χ2n) is 6.28. The summed E-state index contributed by atoms with van der Waals surface area (Å²) in [5, 5.41) is 21.2. The molecule has 0 spiro atoms. The van der Waals surface area contributed by atoms with Gasteiger partial charge in [-0.2, -0.15) is 4.98 Å². The van der Waals surface area contributed by atoms with Crippen LogP contribution >= 0.6 is 0 Å². The minimum Gasteiger partial charge on any atom is -0.480 e. The van der Waals surface area contributed by atoms with Gasteiger partial charge in [0.15, 0.2) is 5.58 Å². The van der Waals surface area contributed by atoms with Gasteiger partial charge in [0.2, 0.25) is 0 Å². The first-order valence-corrected chi connectivity index (χ1v) is 8.16. The summed E-state index contributed by atoms with van der Waals surface area (Å²) in [7, 11) is 0. The molecule has 2 aromatic rings. The van der Waals surface area contributed by atoms with Crippen molar-refractivity contribution in [3.63, 3.8) is 0 Å². The van der Waals surface area contributed by atoms with E-state index in [1.807, 2.05) is 0 Å². The molecule has 1 fully saturated rings. The van der Waals surface area contributed by atoms with Crippen molar-refractivity contribution in [1.29, 1.82) is 0 Å². The molecule has 3 rings (SSSR count). The lowest BCUT2D eigenvalue weighted by Gasteiger charge is -2.25. The summed E-state index contributed by atoms with van der Waals surface area (Å²) in [5.41, 5.74) is 0.992. The van der Waals surface area contributed by atoms with Gasteiger partial charge >= 0.3 is 12.0 Å². The van der Waals surface area contributed by atoms with Gasteiger partial charge in [-0.1, -0.05) is 32.1 Å². The van der Waals surface area contributed by atoms with Crippen molar-refractivity contribution in [3.05, 3.63) is 23.8 Å². The average Bonchev–Trinajstić information content (AvgIpc) is 2.94. The summed E-state index contributed by atoms with van der Waals surface area (Å²) < 4.78 is 4.94. The minimum absolute atomic E-state index is 0.283. The fraction of sp³-hybridized carbons (Fsp3) is 0.471. The summed E-state index contributed by atoms with van der Waals surface area (Å²) in [6.45, 7) is 0. The van der Waals surface area contributed by atoms with Crippen LogP contribution in [0.4, 0.5) is 0 Å². The van der Waals surface area contributed by atoms with E-state index in [9.17, 15) is 19.8 Å². The Hall–Kier alpha value is -2.57. The van der Waals surface area contributed by atoms with Crippen molar-refractivity contribution >= 4 is 23.0 Å². The zero-order valence-electron chi connectivity index (χ0n) is 13.2. The number of benzene rings is 1. The summed E-state index contributed by atoms with van der Waals surface area (Å²) in [6, 6.07) is 3.60. The van der Waals surface area contributed by atoms with Crippen molar-refractivity contribution in [2.45, 2.75) is 44.6 Å². The number of fused-ring (bicyclic) bond motifs is 1. The van der Waals surface area contributed by atoms with Gasteiger partial charge in [-0.05, 0) is 30.5 Å². The number of carbonyl (C=O) groups excluding carboxylic acids is 1. The number of oxazole rings is 1. The van der Waals surface area contributed by atoms with E-state index in [1.165, 1.54) is 24.6 Å². The van der Waals surface area contributed by atoms with Crippen LogP contribution in [-0.2, 0) is 4.79 Å². The lowest BCUT2D eigenvalue weighted by Crippen LogP contribution is -2.42. The summed E-state index contributed by atoms with van der Waals surface area (Å²) >= 11 is 0. The molecule has 0 aliphatic heterocycles. The maximum Gasteiger partial charge on any atom is 0.392 e. The largest absolute Gasteiger partial charge is 0.480 e. The van der Waals surface area contributed by atoms with Gasteiger partial charge < -0.3 is 19.9 Å². The van der Waals surface area contributed by atoms with Crippen LogP contribution in [0.15, 0.2) is 22.6 Å². The fourth-order valence-corrected chi connectivity index (χ4v) is 3.28. The van der Waals surface area contributed by atoms with E-state index in [-0.39, 0.29) is 5.56 Å². The van der Waals surface area contributed by atoms with Gasteiger partial charge in [-0.15, -0.1) is 0 Å². The Kier molecular flexibility index (Phi) is 4.69. The highest BCUT2D eigenvalue weighted by Crippen LogP contribution is 2.27. The monoisotopic (exact) mass is 332 g/mol. The first kappa shape index (κ1) is 16.3. The van der Waals surface area contributed by atoms with Crippen LogP contribution in [0.25, 0.3) is 11.1 Å². The zero-order chi connectivity index (χ0) is 17.1. The molecule has 0 radical (unpaired) electrons. The topological polar surface area (TPSA) is 113 Å².